The van der Waals surface area contributed by atoms with E-state index in [1.54, 1.807) is 27.3 Å². The van der Waals surface area contributed by atoms with Crippen LogP contribution in [-0.2, 0) is 33.9 Å². The molecule has 1 fully saturated rings. The van der Waals surface area contributed by atoms with Crippen molar-refractivity contribution in [1.82, 2.24) is 10.2 Å². The van der Waals surface area contributed by atoms with E-state index in [-0.39, 0.29) is 29.7 Å². The lowest BCUT2D eigenvalue weighted by Gasteiger charge is -2.50. The molecule has 6 rings (SSSR count). The van der Waals surface area contributed by atoms with Gasteiger partial charge in [-0.15, -0.1) is 0 Å². The monoisotopic (exact) mass is 639 g/mol. The van der Waals surface area contributed by atoms with E-state index in [2.05, 4.69) is 5.32 Å². The Morgan fingerprint density at radius 1 is 0.979 bits per heavy atom. The Morgan fingerprint density at radius 2 is 1.60 bits per heavy atom. The predicted octanol–water partition coefficient (Wildman–Crippen LogP) is 2.93. The maximum Gasteiger partial charge on any atom is 0.255 e. The number of rotatable bonds is 8. The maximum absolute atomic E-state index is 14.1. The fraction of sp³-hybridized carbons (Fsp3) is 0.306. The van der Waals surface area contributed by atoms with Crippen LogP contribution in [0.4, 0.5) is 0 Å². The fourth-order valence-corrected chi connectivity index (χ4v) is 7.41. The number of ether oxygens (including phenoxy) is 1. The van der Waals surface area contributed by atoms with E-state index in [0.29, 0.717) is 18.7 Å². The zero-order chi connectivity index (χ0) is 33.8. The van der Waals surface area contributed by atoms with Crippen LogP contribution in [0.3, 0.4) is 0 Å². The minimum absolute atomic E-state index is 0.0274. The minimum Gasteiger partial charge on any atom is -0.508 e. The van der Waals surface area contributed by atoms with Gasteiger partial charge in [-0.2, -0.15) is 0 Å². The summed E-state index contributed by atoms with van der Waals surface area (Å²) in [6.45, 7) is 1.31. The van der Waals surface area contributed by atoms with Crippen molar-refractivity contribution in [3.8, 4) is 22.6 Å². The molecule has 0 aromatic heterocycles. The van der Waals surface area contributed by atoms with Crippen LogP contribution in [0, 0.1) is 11.8 Å². The molecule has 0 bridgehead atoms. The van der Waals surface area contributed by atoms with E-state index in [1.165, 1.54) is 11.0 Å². The van der Waals surface area contributed by atoms with Crippen molar-refractivity contribution in [3.05, 3.63) is 99.8 Å². The number of aliphatic hydroxyl groups excluding tert-OH is 2. The van der Waals surface area contributed by atoms with Gasteiger partial charge in [-0.25, -0.2) is 0 Å². The van der Waals surface area contributed by atoms with E-state index in [4.69, 9.17) is 10.5 Å². The highest BCUT2D eigenvalue weighted by Gasteiger charge is 2.64. The third-order valence-corrected chi connectivity index (χ3v) is 9.69. The Labute approximate surface area is 271 Å². The molecule has 3 aromatic rings. The van der Waals surface area contributed by atoms with Gasteiger partial charge in [0, 0.05) is 24.6 Å². The second kappa shape index (κ2) is 12.0. The largest absolute Gasteiger partial charge is 0.508 e. The lowest BCUT2D eigenvalue weighted by Crippen LogP contribution is -2.65. The second-order valence-electron chi connectivity index (χ2n) is 12.6. The van der Waals surface area contributed by atoms with E-state index in [0.717, 1.165) is 28.0 Å². The number of likely N-dealkylation sites (N-methyl/N-ethyl adjacent to an activating group) is 1. The lowest BCUT2D eigenvalue weighted by molar-refractivity contribution is -0.153. The zero-order valence-electron chi connectivity index (χ0n) is 26.3. The number of hydrogen-bond acceptors (Lipinski definition) is 10. The molecule has 4 atom stereocenters. The van der Waals surface area contributed by atoms with Crippen LogP contribution in [0.1, 0.15) is 28.7 Å². The Bertz CT molecular complexity index is 1840. The summed E-state index contributed by atoms with van der Waals surface area (Å²) >= 11 is 0. The molecule has 0 unspecified atom stereocenters. The quantitative estimate of drug-likeness (QED) is 0.201. The number of aromatic hydroxyl groups is 1. The Balaban J connectivity index is 1.32. The van der Waals surface area contributed by atoms with Crippen LogP contribution >= 0.6 is 0 Å². The Hall–Kier alpha value is -4.97. The number of nitrogens with two attached hydrogens (primary N) is 1. The molecule has 0 spiro atoms. The van der Waals surface area contributed by atoms with Crippen LogP contribution in [0.2, 0.25) is 0 Å². The number of aliphatic hydroxyl groups is 3. The third-order valence-electron chi connectivity index (χ3n) is 9.69. The zero-order valence-corrected chi connectivity index (χ0v) is 26.3. The summed E-state index contributed by atoms with van der Waals surface area (Å²) in [5.41, 5.74) is 6.14. The van der Waals surface area contributed by atoms with Crippen molar-refractivity contribution < 1.29 is 39.5 Å². The van der Waals surface area contributed by atoms with Crippen molar-refractivity contribution in [1.29, 1.82) is 0 Å². The summed E-state index contributed by atoms with van der Waals surface area (Å²) < 4.78 is 5.21. The third kappa shape index (κ3) is 5.16. The first-order valence-corrected chi connectivity index (χ1v) is 15.3. The van der Waals surface area contributed by atoms with Crippen molar-refractivity contribution in [3.63, 3.8) is 0 Å². The lowest BCUT2D eigenvalue weighted by atomic mass is 9.57. The normalized spacial score (nSPS) is 23.8. The number of methoxy groups -OCH3 is 1. The second-order valence-corrected chi connectivity index (χ2v) is 12.6. The van der Waals surface area contributed by atoms with Crippen molar-refractivity contribution in [2.75, 3.05) is 21.2 Å². The molecule has 3 aliphatic rings. The molecule has 7 N–H and O–H groups in total. The molecule has 11 nitrogen and oxygen atoms in total. The van der Waals surface area contributed by atoms with Gasteiger partial charge in [0.2, 0.25) is 5.78 Å². The standard InChI is InChI=1S/C36H37N3O8/c1-39(2)30-25-15-21-14-24-23(20-8-4-18(5-9-20)16-38-17-19-6-10-22(47-3)11-7-19)12-13-26(40)28(24)31(41)27(21)33(43)36(25,46)34(44)29(32(30)42)35(37)45/h4-13,21,25,30,38,40-41,44,46H,14-17H2,1-3H3,(H2,37,45)/t21-,25-,30-,36-/m1/s1. The van der Waals surface area contributed by atoms with Crippen LogP contribution in [0.25, 0.3) is 16.9 Å². The summed E-state index contributed by atoms with van der Waals surface area (Å²) in [7, 11) is 4.77. The maximum atomic E-state index is 14.1. The first kappa shape index (κ1) is 32.0. The molecule has 3 aromatic carbocycles. The number of benzene rings is 3. The molecule has 1 saturated carbocycles. The van der Waals surface area contributed by atoms with Gasteiger partial charge in [-0.1, -0.05) is 42.5 Å². The average molecular weight is 640 g/mol. The molecule has 0 radical (unpaired) electrons. The molecular formula is C36H37N3O8. The van der Waals surface area contributed by atoms with Crippen LogP contribution in [-0.4, -0.2) is 75.6 Å². The first-order chi connectivity index (χ1) is 22.4. The molecular weight excluding hydrogens is 602 g/mol. The van der Waals surface area contributed by atoms with E-state index in [1.807, 2.05) is 48.5 Å². The van der Waals surface area contributed by atoms with Crippen molar-refractivity contribution >= 4 is 23.2 Å². The fourth-order valence-electron chi connectivity index (χ4n) is 7.41. The Kier molecular flexibility index (Phi) is 8.17. The number of nitrogens with one attached hydrogen (secondary N) is 1. The van der Waals surface area contributed by atoms with E-state index < -0.39 is 58.0 Å². The summed E-state index contributed by atoms with van der Waals surface area (Å²) in [5.74, 6) is -5.95. The first-order valence-electron chi connectivity index (χ1n) is 15.3. The van der Waals surface area contributed by atoms with E-state index >= 15 is 0 Å². The van der Waals surface area contributed by atoms with Gasteiger partial charge < -0.3 is 36.2 Å². The molecule has 3 aliphatic carbocycles. The smallest absolute Gasteiger partial charge is 0.255 e. The van der Waals surface area contributed by atoms with Crippen LogP contribution < -0.4 is 15.8 Å². The van der Waals surface area contributed by atoms with Crippen molar-refractivity contribution in [2.24, 2.45) is 17.6 Å². The number of primary amides is 1. The average Bonchev–Trinajstić information content (AvgIpc) is 3.03. The Morgan fingerprint density at radius 3 is 2.17 bits per heavy atom. The molecule has 47 heavy (non-hydrogen) atoms. The minimum atomic E-state index is -2.67. The molecule has 0 aliphatic heterocycles. The predicted molar refractivity (Wildman–Crippen MR) is 173 cm³/mol. The highest BCUT2D eigenvalue weighted by Crippen LogP contribution is 2.53. The topological polar surface area (TPSA) is 183 Å². The summed E-state index contributed by atoms with van der Waals surface area (Å²) in [5, 5.41) is 48.7. The van der Waals surface area contributed by atoms with Gasteiger partial charge in [0.05, 0.1) is 18.7 Å². The van der Waals surface area contributed by atoms with Crippen LogP contribution in [0.5, 0.6) is 11.5 Å². The van der Waals surface area contributed by atoms with Gasteiger partial charge in [-0.3, -0.25) is 19.3 Å². The summed E-state index contributed by atoms with van der Waals surface area (Å²) in [6.07, 6.45) is 0.239. The molecule has 0 saturated heterocycles. The molecule has 244 valence electrons. The number of ketones is 2. The number of nitrogens with zero attached hydrogens (tertiary/aromatic N) is 1. The van der Waals surface area contributed by atoms with Gasteiger partial charge in [0.15, 0.2) is 11.4 Å². The number of fused-ring (bicyclic) bond motifs is 3. The number of amides is 1. The number of carbonyl (C=O) groups is 3. The SMILES string of the molecule is COc1ccc(CNCc2ccc(-c3ccc(O)c4c3C[C@@H]3C[C@@H]5[C@@H](N(C)C)C(=O)C(C(N)=O)=C(O)[C@]5(O)C(=O)C3=C4O)cc2)cc1. The highest BCUT2D eigenvalue weighted by molar-refractivity contribution is 6.24. The number of phenols is 1. The molecule has 11 heteroatoms. The van der Waals surface area contributed by atoms with E-state index in [9.17, 15) is 34.8 Å². The molecule has 0 heterocycles. The van der Waals surface area contributed by atoms with Crippen molar-refractivity contribution in [2.45, 2.75) is 37.6 Å². The van der Waals surface area contributed by atoms with Gasteiger partial charge >= 0.3 is 0 Å². The van der Waals surface area contributed by atoms with Gasteiger partial charge in [0.25, 0.3) is 5.91 Å². The molecule has 1 amide bonds. The summed E-state index contributed by atoms with van der Waals surface area (Å²) in [6, 6.07) is 17.8. The number of hydrogen-bond donors (Lipinski definition) is 6. The number of Topliss-reactive ketones (excluding diaryl/α,β-unsaturated/α-hetero) is 2. The summed E-state index contributed by atoms with van der Waals surface area (Å²) in [4.78, 5) is 41.1. The number of phenolic OH excluding ortho intramolecular Hbond substituents is 1. The number of carbonyl (C=O) groups excluding carboxylic acids is 3. The van der Waals surface area contributed by atoms with Gasteiger partial charge in [-0.05, 0) is 78.9 Å². The van der Waals surface area contributed by atoms with Crippen LogP contribution in [0.15, 0.2) is 77.6 Å². The van der Waals surface area contributed by atoms with Gasteiger partial charge in [0.1, 0.15) is 28.6 Å². The highest BCUT2D eigenvalue weighted by atomic mass is 16.5.